The number of nitrogens with zero attached hydrogens (tertiary/aromatic N) is 1. The predicted molar refractivity (Wildman–Crippen MR) is 99.9 cm³/mol. The largest absolute Gasteiger partial charge is 0.463 e. The zero-order valence-electron chi connectivity index (χ0n) is 16.3. The van der Waals surface area contributed by atoms with Gasteiger partial charge >= 0.3 is 12.0 Å². The molecule has 3 atom stereocenters. The Labute approximate surface area is 167 Å². The Hall–Kier alpha value is -2.97. The summed E-state index contributed by atoms with van der Waals surface area (Å²) in [6.07, 6.45) is 0.331. The number of hydrogen-bond acceptors (Lipinski definition) is 5. The molecule has 8 nitrogen and oxygen atoms in total. The molecule has 0 bridgehead atoms. The van der Waals surface area contributed by atoms with Crippen LogP contribution >= 0.6 is 0 Å². The van der Waals surface area contributed by atoms with Crippen molar-refractivity contribution in [1.82, 2.24) is 15.5 Å². The summed E-state index contributed by atoms with van der Waals surface area (Å²) in [5.74, 6) is -2.06. The third kappa shape index (κ3) is 4.72. The van der Waals surface area contributed by atoms with Crippen molar-refractivity contribution < 1.29 is 28.3 Å². The second-order valence-corrected chi connectivity index (χ2v) is 7.52. The highest BCUT2D eigenvalue weighted by Gasteiger charge is 2.43. The number of esters is 1. The van der Waals surface area contributed by atoms with Crippen LogP contribution in [-0.4, -0.2) is 47.4 Å². The fraction of sp³-hybridized carbons (Fsp3) is 0.500. The minimum Gasteiger partial charge on any atom is -0.463 e. The summed E-state index contributed by atoms with van der Waals surface area (Å²) in [5.41, 5.74) is 0.648. The zero-order valence-corrected chi connectivity index (χ0v) is 16.3. The third-order valence-electron chi connectivity index (χ3n) is 5.09. The lowest BCUT2D eigenvalue weighted by molar-refractivity contribution is -0.153. The number of imide groups is 1. The van der Waals surface area contributed by atoms with Gasteiger partial charge < -0.3 is 15.0 Å². The highest BCUT2D eigenvalue weighted by molar-refractivity contribution is 6.04. The number of hydrogen-bond donors (Lipinski definition) is 2. The zero-order chi connectivity index (χ0) is 21.1. The number of likely N-dealkylation sites (tertiary alicyclic amines) is 1. The van der Waals surface area contributed by atoms with E-state index >= 15 is 0 Å². The van der Waals surface area contributed by atoms with Crippen LogP contribution in [-0.2, 0) is 19.1 Å². The molecule has 2 fully saturated rings. The second kappa shape index (κ2) is 8.59. The fourth-order valence-electron chi connectivity index (χ4n) is 3.78. The molecule has 2 heterocycles. The van der Waals surface area contributed by atoms with Crippen LogP contribution in [0.2, 0.25) is 0 Å². The van der Waals surface area contributed by atoms with Gasteiger partial charge in [0.25, 0.3) is 5.91 Å². The molecule has 2 saturated heterocycles. The second-order valence-electron chi connectivity index (χ2n) is 7.52. The lowest BCUT2D eigenvalue weighted by Crippen LogP contribution is -2.36. The van der Waals surface area contributed by atoms with E-state index in [9.17, 15) is 23.6 Å². The summed E-state index contributed by atoms with van der Waals surface area (Å²) in [6, 6.07) is 3.81. The number of urea groups is 1. The van der Waals surface area contributed by atoms with E-state index in [2.05, 4.69) is 10.6 Å². The molecule has 1 aromatic rings. The van der Waals surface area contributed by atoms with E-state index in [-0.39, 0.29) is 24.9 Å². The molecule has 29 heavy (non-hydrogen) atoms. The van der Waals surface area contributed by atoms with Crippen molar-refractivity contribution in [3.63, 3.8) is 0 Å². The molecular formula is C20H24FN3O5. The summed E-state index contributed by atoms with van der Waals surface area (Å²) >= 11 is 0. The molecule has 9 heteroatoms. The van der Waals surface area contributed by atoms with Crippen molar-refractivity contribution in [2.75, 3.05) is 6.54 Å². The van der Waals surface area contributed by atoms with E-state index in [4.69, 9.17) is 4.74 Å². The third-order valence-corrected chi connectivity index (χ3v) is 5.09. The Kier molecular flexibility index (Phi) is 6.14. The number of carbonyl (C=O) groups excluding carboxylic acids is 4. The molecule has 156 valence electrons. The van der Waals surface area contributed by atoms with Crippen LogP contribution in [0.15, 0.2) is 24.3 Å². The first-order chi connectivity index (χ1) is 13.8. The maximum atomic E-state index is 13.4. The van der Waals surface area contributed by atoms with Crippen molar-refractivity contribution in [3.05, 3.63) is 35.6 Å². The molecule has 0 aliphatic carbocycles. The van der Waals surface area contributed by atoms with Gasteiger partial charge in [0.1, 0.15) is 11.9 Å². The average Bonchev–Trinajstić information content (AvgIpc) is 3.23. The van der Waals surface area contributed by atoms with E-state index < -0.39 is 41.7 Å². The molecule has 1 unspecified atom stereocenters. The Balaban J connectivity index is 1.75. The van der Waals surface area contributed by atoms with Crippen molar-refractivity contribution in [1.29, 1.82) is 0 Å². The van der Waals surface area contributed by atoms with Gasteiger partial charge in [-0.25, -0.2) is 9.18 Å². The Morgan fingerprint density at radius 2 is 1.93 bits per heavy atom. The lowest BCUT2D eigenvalue weighted by atomic mass is 9.93. The van der Waals surface area contributed by atoms with Gasteiger partial charge in [0, 0.05) is 13.0 Å². The number of rotatable bonds is 6. The van der Waals surface area contributed by atoms with Gasteiger partial charge in [-0.2, -0.15) is 0 Å². The van der Waals surface area contributed by atoms with Crippen molar-refractivity contribution in [2.45, 2.75) is 51.3 Å². The molecule has 0 aromatic heterocycles. The average molecular weight is 405 g/mol. The van der Waals surface area contributed by atoms with E-state index in [0.29, 0.717) is 18.5 Å². The molecule has 2 aliphatic rings. The molecule has 2 aliphatic heterocycles. The van der Waals surface area contributed by atoms with Crippen molar-refractivity contribution in [2.24, 2.45) is 5.92 Å². The minimum absolute atomic E-state index is 0.0298. The summed E-state index contributed by atoms with van der Waals surface area (Å²) < 4.78 is 18.7. The topological polar surface area (TPSA) is 105 Å². The first-order valence-corrected chi connectivity index (χ1v) is 9.63. The van der Waals surface area contributed by atoms with Gasteiger partial charge in [0.15, 0.2) is 0 Å². The number of benzene rings is 1. The highest BCUT2D eigenvalue weighted by Crippen LogP contribution is 2.39. The first-order valence-electron chi connectivity index (χ1n) is 9.63. The number of carbonyl (C=O) groups is 4. The van der Waals surface area contributed by atoms with Crippen LogP contribution in [0.5, 0.6) is 0 Å². The quantitative estimate of drug-likeness (QED) is 0.553. The molecule has 0 radical (unpaired) electrons. The molecule has 1 aromatic carbocycles. The maximum absolute atomic E-state index is 13.4. The Morgan fingerprint density at radius 1 is 1.24 bits per heavy atom. The van der Waals surface area contributed by atoms with Crippen LogP contribution in [0.1, 0.15) is 44.7 Å². The van der Waals surface area contributed by atoms with Gasteiger partial charge in [0.05, 0.1) is 18.1 Å². The van der Waals surface area contributed by atoms with Gasteiger partial charge in [-0.15, -0.1) is 0 Å². The Bertz CT molecular complexity index is 811. The molecule has 0 spiro atoms. The normalized spacial score (nSPS) is 23.9. The number of nitrogens with one attached hydrogen (secondary N) is 2. The highest BCUT2D eigenvalue weighted by atomic mass is 19.1. The summed E-state index contributed by atoms with van der Waals surface area (Å²) in [4.78, 5) is 49.9. The van der Waals surface area contributed by atoms with Gasteiger partial charge in [-0.1, -0.05) is 12.1 Å². The Morgan fingerprint density at radius 3 is 2.52 bits per heavy atom. The van der Waals surface area contributed by atoms with Crippen molar-refractivity contribution >= 4 is 23.8 Å². The van der Waals surface area contributed by atoms with Crippen LogP contribution in [0.3, 0.4) is 0 Å². The lowest BCUT2D eigenvalue weighted by Gasteiger charge is -2.28. The molecule has 0 saturated carbocycles. The maximum Gasteiger partial charge on any atom is 0.322 e. The van der Waals surface area contributed by atoms with Gasteiger partial charge in [0.2, 0.25) is 5.91 Å². The number of halogens is 1. The van der Waals surface area contributed by atoms with E-state index in [1.807, 2.05) is 0 Å². The summed E-state index contributed by atoms with van der Waals surface area (Å²) in [6.45, 7) is 3.86. The fourth-order valence-corrected chi connectivity index (χ4v) is 3.78. The van der Waals surface area contributed by atoms with Crippen molar-refractivity contribution in [3.8, 4) is 0 Å². The van der Waals surface area contributed by atoms with Crippen LogP contribution in [0.25, 0.3) is 0 Å². The first kappa shape index (κ1) is 20.8. The van der Waals surface area contributed by atoms with Crippen LogP contribution in [0.4, 0.5) is 9.18 Å². The minimum atomic E-state index is -0.750. The summed E-state index contributed by atoms with van der Waals surface area (Å²) in [7, 11) is 0. The SMILES string of the molecule is CC(C)OC(=O)[C@@H]1CCN(C(=O)CCC2NC(=O)NC2=O)[C@@H]1c1ccc(F)cc1. The predicted octanol–water partition coefficient (Wildman–Crippen LogP) is 1.66. The van der Waals surface area contributed by atoms with E-state index in [0.717, 1.165) is 0 Å². The number of amides is 4. The monoisotopic (exact) mass is 405 g/mol. The molecule has 3 rings (SSSR count). The van der Waals surface area contributed by atoms with E-state index in [1.54, 1.807) is 30.9 Å². The molecule has 4 amide bonds. The van der Waals surface area contributed by atoms with Gasteiger partial charge in [-0.3, -0.25) is 19.7 Å². The van der Waals surface area contributed by atoms with Gasteiger partial charge in [-0.05, 0) is 44.4 Å². The van der Waals surface area contributed by atoms with Crippen LogP contribution < -0.4 is 10.6 Å². The number of ether oxygens (including phenoxy) is 1. The summed E-state index contributed by atoms with van der Waals surface area (Å²) in [5, 5.41) is 4.59. The standard InChI is InChI=1S/C20H24FN3O5/c1-11(2)29-19(27)14-9-10-24(17(14)12-3-5-13(21)6-4-12)16(25)8-7-15-18(26)23-20(28)22-15/h3-6,11,14-15,17H,7-10H2,1-2H3,(H2,22,23,26,28)/t14-,15?,17-/m1/s1. The molecular weight excluding hydrogens is 381 g/mol. The molecule has 2 N–H and O–H groups in total. The smallest absolute Gasteiger partial charge is 0.322 e. The van der Waals surface area contributed by atoms with Crippen LogP contribution in [0, 0.1) is 11.7 Å². The van der Waals surface area contributed by atoms with E-state index in [1.165, 1.54) is 12.1 Å².